The van der Waals surface area contributed by atoms with E-state index < -0.39 is 20.8 Å². The summed E-state index contributed by atoms with van der Waals surface area (Å²) >= 11 is 0. The normalized spacial score (nSPS) is 16.8. The Morgan fingerprint density at radius 2 is 0.810 bits per heavy atom. The first-order valence-corrected chi connectivity index (χ1v) is 29.8. The molecule has 0 saturated heterocycles. The van der Waals surface area contributed by atoms with E-state index in [0.717, 1.165) is 85.1 Å². The van der Waals surface area contributed by atoms with Crippen LogP contribution in [0.1, 0.15) is 91.7 Å². The van der Waals surface area contributed by atoms with Crippen LogP contribution in [-0.4, -0.2) is 107 Å². The second-order valence-electron chi connectivity index (χ2n) is 22.4. The van der Waals surface area contributed by atoms with Gasteiger partial charge in [-0.3, -0.25) is 26.8 Å². The fraction of sp³-hybridized carbons (Fsp3) is 0.429. The number of benzene rings is 6. The highest BCUT2D eigenvalue weighted by molar-refractivity contribution is 7.81. The lowest BCUT2D eigenvalue weighted by molar-refractivity contribution is 0.162. The summed E-state index contributed by atoms with van der Waals surface area (Å²) < 4.78 is 59.5. The highest BCUT2D eigenvalue weighted by Gasteiger charge is 2.36. The number of aryl methyl sites for hydroxylation is 8. The molecule has 10 rings (SSSR count). The Kier molecular flexibility index (Phi) is 18.7. The first kappa shape index (κ1) is 61.0. The predicted molar refractivity (Wildman–Crippen MR) is 324 cm³/mol. The summed E-state index contributed by atoms with van der Waals surface area (Å²) in [5.74, 6) is 0. The first-order chi connectivity index (χ1) is 37.0. The predicted octanol–water partition coefficient (Wildman–Crippen LogP) is 12.0. The molecule has 0 spiro atoms. The summed E-state index contributed by atoms with van der Waals surface area (Å²) in [6, 6.07) is 28.8. The summed E-state index contributed by atoms with van der Waals surface area (Å²) in [6.45, 7) is 36.2. The van der Waals surface area contributed by atoms with Gasteiger partial charge in [0, 0.05) is 60.9 Å². The van der Waals surface area contributed by atoms with Gasteiger partial charge in [-0.15, -0.1) is 0 Å². The van der Waals surface area contributed by atoms with Gasteiger partial charge in [-0.05, 0) is 246 Å². The van der Waals surface area contributed by atoms with Crippen molar-refractivity contribution in [2.45, 2.75) is 109 Å². The Morgan fingerprint density at radius 1 is 0.468 bits per heavy atom. The monoisotopic (exact) mass is 1120 g/mol. The van der Waals surface area contributed by atoms with Gasteiger partial charge in [-0.1, -0.05) is 24.3 Å². The van der Waals surface area contributed by atoms with E-state index in [4.69, 9.17) is 0 Å². The molecule has 4 aliphatic heterocycles. The molecule has 16 heteroatoms. The van der Waals surface area contributed by atoms with Gasteiger partial charge in [0.2, 0.25) is 10.4 Å². The molecule has 1 unspecified atom stereocenters. The smallest absolute Gasteiger partial charge is 0.399 e. The van der Waals surface area contributed by atoms with Crippen LogP contribution in [0.4, 0.5) is 22.7 Å². The third kappa shape index (κ3) is 13.4. The van der Waals surface area contributed by atoms with E-state index in [0.29, 0.717) is 0 Å². The number of anilines is 3. The molecule has 0 amide bonds. The highest BCUT2D eigenvalue weighted by atomic mass is 32.3. The maximum Gasteiger partial charge on any atom is 0.399 e. The largest absolute Gasteiger partial charge is 0.726 e. The van der Waals surface area contributed by atoms with Gasteiger partial charge >= 0.3 is 10.4 Å². The standard InChI is InChI=1S/C39H47N4.C21H28N2.C2H6O4S.CH4O4S/c1-10-43(9)23-40(8)19-36-18-33(15-28(6)39(36)43)32-14-27(5)38-35(17-32)21-42-22-41(38)20-34-16-31(13-26(4)37(34)42)30-11-24(2)29(7)25(3)12-30;1-7-23-13-22(6)12-20-11-19(10-16(4)21(20)23)18-8-14(2)17(5)15(3)9-18;1-5-7(3,4)6-2;1-5-6(2,3)4/h11-18H,10,19-23H2,1-9H3;8-11H,7,12-13H2,1-6H3;1-2H3;1H3,(H,2,3,4)/q+1;;;/p-1. The molecule has 426 valence electrons. The minimum atomic E-state index is -4.41. The Labute approximate surface area is 473 Å². The summed E-state index contributed by atoms with van der Waals surface area (Å²) in [5.41, 5.74) is 33.6. The minimum Gasteiger partial charge on any atom is -0.726 e. The summed E-state index contributed by atoms with van der Waals surface area (Å²) in [4.78, 5) is 12.5. The number of rotatable bonds is 8. The molecule has 0 N–H and O–H groups in total. The van der Waals surface area contributed by atoms with Crippen molar-refractivity contribution in [3.05, 3.63) is 151 Å². The van der Waals surface area contributed by atoms with Gasteiger partial charge in [-0.2, -0.15) is 8.42 Å². The van der Waals surface area contributed by atoms with Crippen molar-refractivity contribution in [1.82, 2.24) is 14.3 Å². The van der Waals surface area contributed by atoms with E-state index >= 15 is 0 Å². The molecule has 1 atom stereocenters. The zero-order valence-corrected chi connectivity index (χ0v) is 51.7. The number of quaternary nitrogens is 1. The zero-order chi connectivity index (χ0) is 58.2. The van der Waals surface area contributed by atoms with Crippen LogP contribution in [-0.2, 0) is 59.5 Å². The molecular formula is C63H84N6O8S2. The number of fused-ring (bicyclic) bond motifs is 8. The molecule has 0 aliphatic carbocycles. The summed E-state index contributed by atoms with van der Waals surface area (Å²) in [5, 5.41) is 0. The van der Waals surface area contributed by atoms with E-state index in [1.54, 1.807) is 0 Å². The average Bonchev–Trinajstić information content (AvgIpc) is 3.48. The van der Waals surface area contributed by atoms with Gasteiger partial charge in [0.05, 0.1) is 48.3 Å². The quantitative estimate of drug-likeness (QED) is 0.0813. The molecule has 6 aromatic carbocycles. The van der Waals surface area contributed by atoms with Gasteiger partial charge < -0.3 is 19.3 Å². The molecule has 14 nitrogen and oxygen atoms in total. The minimum absolute atomic E-state index is 0.808. The maximum atomic E-state index is 9.92. The molecular weight excluding hydrogens is 1030 g/mol. The molecule has 4 aliphatic rings. The summed E-state index contributed by atoms with van der Waals surface area (Å²) in [6.07, 6.45) is 0. The Balaban J connectivity index is 0.000000208. The van der Waals surface area contributed by atoms with Crippen LogP contribution in [0.2, 0.25) is 0 Å². The molecule has 2 bridgehead atoms. The Hall–Kier alpha value is -5.66. The Bertz CT molecular complexity index is 3450. The topological polar surface area (TPSA) is 135 Å². The van der Waals surface area contributed by atoms with Crippen LogP contribution in [0.5, 0.6) is 0 Å². The van der Waals surface area contributed by atoms with Gasteiger partial charge in [-0.25, -0.2) is 8.42 Å². The fourth-order valence-corrected chi connectivity index (χ4v) is 12.5. The van der Waals surface area contributed by atoms with Crippen LogP contribution in [0.3, 0.4) is 0 Å². The van der Waals surface area contributed by atoms with Crippen molar-refractivity contribution < 1.29 is 33.9 Å². The average molecular weight is 1120 g/mol. The first-order valence-electron chi connectivity index (χ1n) is 27.1. The van der Waals surface area contributed by atoms with E-state index in [2.05, 4.69) is 214 Å². The molecule has 79 heavy (non-hydrogen) atoms. The molecule has 0 radical (unpaired) electrons. The third-order valence-corrected chi connectivity index (χ3v) is 17.7. The molecule has 4 heterocycles. The summed E-state index contributed by atoms with van der Waals surface area (Å²) in [7, 11) is 1.64. The lowest BCUT2D eigenvalue weighted by atomic mass is 9.89. The van der Waals surface area contributed by atoms with Crippen molar-refractivity contribution in [2.75, 3.05) is 90.3 Å². The highest BCUT2D eigenvalue weighted by Crippen LogP contribution is 2.46. The van der Waals surface area contributed by atoms with Gasteiger partial charge in [0.1, 0.15) is 12.4 Å². The van der Waals surface area contributed by atoms with E-state index in [9.17, 15) is 21.4 Å². The van der Waals surface area contributed by atoms with Crippen molar-refractivity contribution >= 4 is 43.5 Å². The molecule has 0 fully saturated rings. The van der Waals surface area contributed by atoms with Crippen LogP contribution >= 0.6 is 0 Å². The SMILES string of the molecule is CCN1CN(C)Cc2cc(-c3cc(C)c(C)c(C)c3)cc(C)c21.CC[N+]1(C)CN(C)Cc2cc(-c3cc(C)c4c(c3)CN3CN4Cc4cc(-c5cc(C)c(C)c(C)c5)cc(C)c43)cc(C)c21.COS(=O)(=O)OC.COS(=O)(=O)[O-]. The van der Waals surface area contributed by atoms with E-state index in [-0.39, 0.29) is 0 Å². The third-order valence-electron chi connectivity index (χ3n) is 16.5. The zero-order valence-electron chi connectivity index (χ0n) is 50.1. The fourth-order valence-electron chi connectivity index (χ4n) is 12.3. The number of nitrogens with zero attached hydrogens (tertiary/aromatic N) is 6. The van der Waals surface area contributed by atoms with Crippen LogP contribution in [0.15, 0.2) is 72.8 Å². The van der Waals surface area contributed by atoms with Crippen molar-refractivity contribution in [3.63, 3.8) is 0 Å². The number of hydrogen-bond acceptors (Lipinski definition) is 13. The lowest BCUT2D eigenvalue weighted by Gasteiger charge is -2.46. The van der Waals surface area contributed by atoms with Crippen LogP contribution < -0.4 is 19.2 Å². The van der Waals surface area contributed by atoms with Gasteiger partial charge in [0.25, 0.3) is 0 Å². The molecule has 0 aromatic heterocycles. The lowest BCUT2D eigenvalue weighted by Crippen LogP contribution is -2.55. The van der Waals surface area contributed by atoms with Crippen molar-refractivity contribution in [1.29, 1.82) is 0 Å². The molecule has 0 saturated carbocycles. The van der Waals surface area contributed by atoms with Crippen molar-refractivity contribution in [2.24, 2.45) is 0 Å². The molecule has 6 aromatic rings. The maximum absolute atomic E-state index is 9.92. The van der Waals surface area contributed by atoms with E-state index in [1.807, 2.05) is 0 Å². The van der Waals surface area contributed by atoms with E-state index in [1.165, 1.54) is 134 Å². The Morgan fingerprint density at radius 3 is 1.18 bits per heavy atom. The number of hydrogen-bond donors (Lipinski definition) is 0. The van der Waals surface area contributed by atoms with Crippen LogP contribution in [0.25, 0.3) is 33.4 Å². The van der Waals surface area contributed by atoms with Crippen LogP contribution in [0, 0.1) is 69.2 Å². The van der Waals surface area contributed by atoms with Gasteiger partial charge in [0.15, 0.2) is 0 Å². The van der Waals surface area contributed by atoms with Crippen molar-refractivity contribution in [3.8, 4) is 33.4 Å². The second kappa shape index (κ2) is 24.2. The second-order valence-corrected chi connectivity index (χ2v) is 25.0.